The van der Waals surface area contributed by atoms with Crippen LogP contribution in [0.25, 0.3) is 0 Å². The van der Waals surface area contributed by atoms with Crippen LogP contribution in [0.15, 0.2) is 12.1 Å². The van der Waals surface area contributed by atoms with Gasteiger partial charge in [-0.2, -0.15) is 0 Å². The second kappa shape index (κ2) is 5.47. The summed E-state index contributed by atoms with van der Waals surface area (Å²) in [5, 5.41) is 20.9. The first-order chi connectivity index (χ1) is 8.50. The molecule has 0 spiro atoms. The smallest absolute Gasteiger partial charge is 0.123 e. The molecule has 1 aliphatic carbocycles. The molecule has 3 nitrogen and oxygen atoms in total. The van der Waals surface area contributed by atoms with E-state index < -0.39 is 12.1 Å². The Hall–Kier alpha value is -0.770. The lowest BCUT2D eigenvalue weighted by Gasteiger charge is -2.25. The zero-order chi connectivity index (χ0) is 13.3. The predicted octanol–water partition coefficient (Wildman–Crippen LogP) is 2.90. The molecule has 0 aromatic heterocycles. The molecule has 1 aromatic rings. The quantitative estimate of drug-likeness (QED) is 0.790. The van der Waals surface area contributed by atoms with Crippen molar-refractivity contribution in [2.24, 2.45) is 11.7 Å². The molecule has 0 bridgehead atoms. The average molecular weight is 270 g/mol. The normalized spacial score (nSPS) is 20.0. The lowest BCUT2D eigenvalue weighted by atomic mass is 9.90. The number of phenols is 1. The van der Waals surface area contributed by atoms with Gasteiger partial charge < -0.3 is 15.9 Å². The third kappa shape index (κ3) is 2.63. The molecule has 0 unspecified atom stereocenters. The number of hydrogen-bond donors (Lipinski definition) is 3. The molecular weight excluding hydrogens is 250 g/mol. The molecule has 0 radical (unpaired) electrons. The third-order valence-corrected chi connectivity index (χ3v) is 4.12. The summed E-state index contributed by atoms with van der Waals surface area (Å²) < 4.78 is 0. The van der Waals surface area contributed by atoms with Gasteiger partial charge in [-0.25, -0.2) is 0 Å². The predicted molar refractivity (Wildman–Crippen MR) is 72.7 cm³/mol. The zero-order valence-electron chi connectivity index (χ0n) is 10.6. The molecule has 4 heteroatoms. The molecule has 1 saturated carbocycles. The van der Waals surface area contributed by atoms with Crippen molar-refractivity contribution in [1.29, 1.82) is 0 Å². The highest BCUT2D eigenvalue weighted by atomic mass is 35.5. The summed E-state index contributed by atoms with van der Waals surface area (Å²) in [6, 6.07) is 2.76. The molecule has 4 N–H and O–H groups in total. The van der Waals surface area contributed by atoms with Crippen molar-refractivity contribution in [2.45, 2.75) is 44.8 Å². The van der Waals surface area contributed by atoms with E-state index in [0.29, 0.717) is 16.1 Å². The summed E-state index contributed by atoms with van der Waals surface area (Å²) in [6.45, 7) is 1.78. The number of aliphatic hydroxyl groups is 1. The monoisotopic (exact) mass is 269 g/mol. The third-order valence-electron chi connectivity index (χ3n) is 3.90. The molecule has 1 aliphatic rings. The maximum absolute atomic E-state index is 10.3. The van der Waals surface area contributed by atoms with Crippen LogP contribution in [0.1, 0.15) is 42.9 Å². The first-order valence-electron chi connectivity index (χ1n) is 6.43. The number of aromatic hydroxyl groups is 1. The Kier molecular flexibility index (Phi) is 4.15. The van der Waals surface area contributed by atoms with Gasteiger partial charge in [-0.05, 0) is 43.4 Å². The lowest BCUT2D eigenvalue weighted by Crippen LogP contribution is -2.32. The molecule has 0 saturated heterocycles. The van der Waals surface area contributed by atoms with Crippen LogP contribution >= 0.6 is 11.6 Å². The average Bonchev–Trinajstić information content (AvgIpc) is 2.85. The van der Waals surface area contributed by atoms with Gasteiger partial charge in [-0.1, -0.05) is 24.4 Å². The van der Waals surface area contributed by atoms with Crippen LogP contribution in [-0.4, -0.2) is 16.3 Å². The number of rotatable bonds is 3. The Labute approximate surface area is 113 Å². The van der Waals surface area contributed by atoms with E-state index in [1.807, 2.05) is 0 Å². The highest BCUT2D eigenvalue weighted by Gasteiger charge is 2.30. The van der Waals surface area contributed by atoms with Crippen molar-refractivity contribution in [3.8, 4) is 5.75 Å². The topological polar surface area (TPSA) is 66.5 Å². The minimum atomic E-state index is -0.615. The summed E-state index contributed by atoms with van der Waals surface area (Å²) in [7, 11) is 0. The van der Waals surface area contributed by atoms with Crippen LogP contribution in [0.2, 0.25) is 5.02 Å². The van der Waals surface area contributed by atoms with Gasteiger partial charge in [0.15, 0.2) is 0 Å². The molecule has 18 heavy (non-hydrogen) atoms. The first kappa shape index (κ1) is 13.7. The van der Waals surface area contributed by atoms with E-state index in [2.05, 4.69) is 0 Å². The fourth-order valence-electron chi connectivity index (χ4n) is 2.79. The van der Waals surface area contributed by atoms with Gasteiger partial charge in [-0.15, -0.1) is 0 Å². The summed E-state index contributed by atoms with van der Waals surface area (Å²) in [5.74, 6) is 0.377. The van der Waals surface area contributed by atoms with Gasteiger partial charge in [0.05, 0.1) is 12.1 Å². The number of hydrogen-bond acceptors (Lipinski definition) is 3. The Balaban J connectivity index is 2.24. The largest absolute Gasteiger partial charge is 0.507 e. The van der Waals surface area contributed by atoms with Crippen molar-refractivity contribution in [2.75, 3.05) is 0 Å². The van der Waals surface area contributed by atoms with Crippen molar-refractivity contribution in [3.63, 3.8) is 0 Å². The molecular formula is C14H20ClNO2. The van der Waals surface area contributed by atoms with Gasteiger partial charge >= 0.3 is 0 Å². The number of nitrogens with two attached hydrogens (primary N) is 1. The number of phenolic OH excluding ortho intramolecular Hbond substituents is 1. The summed E-state index contributed by atoms with van der Waals surface area (Å²) in [4.78, 5) is 0. The maximum Gasteiger partial charge on any atom is 0.123 e. The summed E-state index contributed by atoms with van der Waals surface area (Å²) >= 11 is 5.98. The molecule has 1 fully saturated rings. The highest BCUT2D eigenvalue weighted by Crippen LogP contribution is 2.37. The Morgan fingerprint density at radius 1 is 1.33 bits per heavy atom. The fraction of sp³-hybridized carbons (Fsp3) is 0.571. The van der Waals surface area contributed by atoms with Gasteiger partial charge in [0, 0.05) is 10.6 Å². The second-order valence-electron chi connectivity index (χ2n) is 5.22. The molecule has 2 atom stereocenters. The van der Waals surface area contributed by atoms with Crippen molar-refractivity contribution < 1.29 is 10.2 Å². The van der Waals surface area contributed by atoms with Crippen LogP contribution in [-0.2, 0) is 0 Å². The van der Waals surface area contributed by atoms with E-state index in [9.17, 15) is 10.2 Å². The molecule has 0 aliphatic heterocycles. The van der Waals surface area contributed by atoms with Crippen molar-refractivity contribution in [3.05, 3.63) is 28.3 Å². The van der Waals surface area contributed by atoms with Crippen LogP contribution in [0.5, 0.6) is 5.75 Å². The van der Waals surface area contributed by atoms with Gasteiger partial charge in [0.1, 0.15) is 5.75 Å². The van der Waals surface area contributed by atoms with Crippen LogP contribution in [0, 0.1) is 12.8 Å². The number of aliphatic hydroxyl groups excluding tert-OH is 1. The number of benzene rings is 1. The van der Waals surface area contributed by atoms with Gasteiger partial charge in [-0.3, -0.25) is 0 Å². The Bertz CT molecular complexity index is 430. The van der Waals surface area contributed by atoms with E-state index in [0.717, 1.165) is 25.7 Å². The van der Waals surface area contributed by atoms with Crippen LogP contribution < -0.4 is 5.73 Å². The van der Waals surface area contributed by atoms with Crippen molar-refractivity contribution >= 4 is 11.6 Å². The van der Waals surface area contributed by atoms with Gasteiger partial charge in [0.2, 0.25) is 0 Å². The fourth-order valence-corrected chi connectivity index (χ4v) is 3.07. The van der Waals surface area contributed by atoms with Crippen LogP contribution in [0.4, 0.5) is 0 Å². The Morgan fingerprint density at radius 3 is 2.56 bits per heavy atom. The summed E-state index contributed by atoms with van der Waals surface area (Å²) in [6.07, 6.45) is 3.70. The standard InChI is InChI=1S/C14H20ClNO2/c1-8-6-10(15)7-11(13(8)17)12(16)14(18)9-4-2-3-5-9/h6-7,9,12,14,17-18H,2-5,16H2,1H3/t12-,14+/m0/s1. The lowest BCUT2D eigenvalue weighted by molar-refractivity contribution is 0.0836. The minimum absolute atomic E-state index is 0.143. The minimum Gasteiger partial charge on any atom is -0.507 e. The van der Waals surface area contributed by atoms with Crippen LogP contribution in [0.3, 0.4) is 0 Å². The van der Waals surface area contributed by atoms with E-state index in [1.165, 1.54) is 0 Å². The zero-order valence-corrected chi connectivity index (χ0v) is 11.3. The molecule has 0 amide bonds. The van der Waals surface area contributed by atoms with E-state index >= 15 is 0 Å². The van der Waals surface area contributed by atoms with Crippen molar-refractivity contribution in [1.82, 2.24) is 0 Å². The Morgan fingerprint density at radius 2 is 1.94 bits per heavy atom. The molecule has 1 aromatic carbocycles. The first-order valence-corrected chi connectivity index (χ1v) is 6.81. The summed E-state index contributed by atoms with van der Waals surface area (Å²) in [5.41, 5.74) is 7.32. The van der Waals surface area contributed by atoms with E-state index in [1.54, 1.807) is 19.1 Å². The molecule has 0 heterocycles. The van der Waals surface area contributed by atoms with E-state index in [-0.39, 0.29) is 11.7 Å². The number of halogens is 1. The number of aryl methyl sites for hydroxylation is 1. The maximum atomic E-state index is 10.3. The molecule has 2 rings (SSSR count). The highest BCUT2D eigenvalue weighted by molar-refractivity contribution is 6.30. The molecule has 100 valence electrons. The second-order valence-corrected chi connectivity index (χ2v) is 5.66. The SMILES string of the molecule is Cc1cc(Cl)cc([C@H](N)[C@H](O)C2CCCC2)c1O. The van der Waals surface area contributed by atoms with E-state index in [4.69, 9.17) is 17.3 Å². The van der Waals surface area contributed by atoms with Gasteiger partial charge in [0.25, 0.3) is 0 Å².